The summed E-state index contributed by atoms with van der Waals surface area (Å²) in [6, 6.07) is 7.52. The number of aromatic nitrogens is 1. The molecular formula is C18H15ClF3N3O2. The molecular weight excluding hydrogens is 383 g/mol. The molecule has 9 heteroatoms. The Morgan fingerprint density at radius 1 is 1.37 bits per heavy atom. The van der Waals surface area contributed by atoms with Crippen LogP contribution in [-0.2, 0) is 10.5 Å². The molecule has 0 aliphatic carbocycles. The summed E-state index contributed by atoms with van der Waals surface area (Å²) in [5, 5.41) is 11.4. The van der Waals surface area contributed by atoms with Crippen LogP contribution in [0.2, 0.25) is 5.02 Å². The predicted molar refractivity (Wildman–Crippen MR) is 91.2 cm³/mol. The minimum Gasteiger partial charge on any atom is -0.491 e. The van der Waals surface area contributed by atoms with Gasteiger partial charge in [0.05, 0.1) is 10.6 Å². The SMILES string of the molecule is Cc1c(C2(C(F)(F)F)NCC(COc3ccncc3)O2)ccc(C#N)c1Cl. The number of alkyl halides is 3. The Morgan fingerprint density at radius 2 is 2.07 bits per heavy atom. The minimum atomic E-state index is -4.75. The predicted octanol–water partition coefficient (Wildman–Crippen LogP) is 3.70. The third kappa shape index (κ3) is 3.58. The van der Waals surface area contributed by atoms with Gasteiger partial charge in [0.15, 0.2) is 0 Å². The van der Waals surface area contributed by atoms with Crippen molar-refractivity contribution in [1.82, 2.24) is 10.3 Å². The average Bonchev–Trinajstić information content (AvgIpc) is 3.08. The van der Waals surface area contributed by atoms with Crippen LogP contribution in [0.5, 0.6) is 5.75 Å². The molecule has 0 saturated carbocycles. The molecule has 2 unspecified atom stereocenters. The Morgan fingerprint density at radius 3 is 2.70 bits per heavy atom. The number of hydrogen-bond donors (Lipinski definition) is 1. The van der Waals surface area contributed by atoms with Gasteiger partial charge in [-0.25, -0.2) is 0 Å². The summed E-state index contributed by atoms with van der Waals surface area (Å²) in [6.45, 7) is 1.29. The second kappa shape index (κ2) is 7.35. The van der Waals surface area contributed by atoms with E-state index in [0.29, 0.717) is 5.75 Å². The summed E-state index contributed by atoms with van der Waals surface area (Å²) in [5.41, 5.74) is -2.66. The zero-order valence-corrected chi connectivity index (χ0v) is 14.9. The number of ether oxygens (including phenoxy) is 2. The van der Waals surface area contributed by atoms with E-state index in [-0.39, 0.29) is 34.9 Å². The Bertz CT molecular complexity index is 871. The van der Waals surface area contributed by atoms with Gasteiger partial charge in [-0.1, -0.05) is 17.7 Å². The number of rotatable bonds is 4. The number of halogens is 4. The zero-order valence-electron chi connectivity index (χ0n) is 14.2. The number of benzene rings is 1. The molecule has 2 heterocycles. The lowest BCUT2D eigenvalue weighted by atomic mass is 9.95. The zero-order chi connectivity index (χ0) is 19.7. The molecule has 1 aromatic heterocycles. The monoisotopic (exact) mass is 397 g/mol. The van der Waals surface area contributed by atoms with Crippen LogP contribution < -0.4 is 10.1 Å². The number of nitriles is 1. The van der Waals surface area contributed by atoms with Crippen LogP contribution in [0.1, 0.15) is 16.7 Å². The van der Waals surface area contributed by atoms with Gasteiger partial charge in [0.1, 0.15) is 24.5 Å². The third-order valence-corrected chi connectivity index (χ3v) is 4.78. The fourth-order valence-electron chi connectivity index (χ4n) is 2.94. The van der Waals surface area contributed by atoms with Crippen molar-refractivity contribution in [1.29, 1.82) is 5.26 Å². The van der Waals surface area contributed by atoms with Crippen molar-refractivity contribution in [3.8, 4) is 11.8 Å². The second-order valence-corrected chi connectivity index (χ2v) is 6.38. The molecule has 3 rings (SSSR count). The van der Waals surface area contributed by atoms with Gasteiger partial charge in [0.2, 0.25) is 5.72 Å². The maximum atomic E-state index is 14.0. The van der Waals surface area contributed by atoms with Crippen molar-refractivity contribution in [2.24, 2.45) is 0 Å². The normalized spacial score (nSPS) is 22.4. The molecule has 1 saturated heterocycles. The van der Waals surface area contributed by atoms with Crippen molar-refractivity contribution in [2.45, 2.75) is 24.9 Å². The molecule has 0 amide bonds. The van der Waals surface area contributed by atoms with Crippen molar-refractivity contribution in [2.75, 3.05) is 13.2 Å². The van der Waals surface area contributed by atoms with Gasteiger partial charge in [-0.15, -0.1) is 0 Å². The molecule has 2 aromatic rings. The van der Waals surface area contributed by atoms with Gasteiger partial charge in [-0.3, -0.25) is 10.3 Å². The maximum Gasteiger partial charge on any atom is 0.435 e. The lowest BCUT2D eigenvalue weighted by Crippen LogP contribution is -2.51. The molecule has 0 spiro atoms. The summed E-state index contributed by atoms with van der Waals surface area (Å²) < 4.78 is 52.9. The Labute approximate surface area is 158 Å². The van der Waals surface area contributed by atoms with Crippen LogP contribution in [0.4, 0.5) is 13.2 Å². The van der Waals surface area contributed by atoms with Gasteiger partial charge in [-0.2, -0.15) is 18.4 Å². The lowest BCUT2D eigenvalue weighted by molar-refractivity contribution is -0.287. The van der Waals surface area contributed by atoms with Crippen LogP contribution in [0.25, 0.3) is 0 Å². The number of nitrogens with one attached hydrogen (secondary N) is 1. The van der Waals surface area contributed by atoms with E-state index < -0.39 is 18.0 Å². The molecule has 1 aromatic carbocycles. The van der Waals surface area contributed by atoms with Gasteiger partial charge in [0.25, 0.3) is 0 Å². The van der Waals surface area contributed by atoms with E-state index in [1.165, 1.54) is 31.5 Å². The van der Waals surface area contributed by atoms with Crippen molar-refractivity contribution in [3.63, 3.8) is 0 Å². The van der Waals surface area contributed by atoms with Crippen LogP contribution >= 0.6 is 11.6 Å². The topological polar surface area (TPSA) is 67.2 Å². The highest BCUT2D eigenvalue weighted by Gasteiger charge is 2.62. The Hall–Kier alpha value is -2.34. The first-order chi connectivity index (χ1) is 12.8. The molecule has 1 N–H and O–H groups in total. The van der Waals surface area contributed by atoms with E-state index in [2.05, 4.69) is 10.3 Å². The number of hydrogen-bond acceptors (Lipinski definition) is 5. The summed E-state index contributed by atoms with van der Waals surface area (Å²) in [6.07, 6.45) is -2.55. The largest absolute Gasteiger partial charge is 0.491 e. The van der Waals surface area contributed by atoms with Gasteiger partial charge in [-0.05, 0) is 30.7 Å². The number of pyridine rings is 1. The first-order valence-corrected chi connectivity index (χ1v) is 8.38. The van der Waals surface area contributed by atoms with Crippen LogP contribution in [-0.4, -0.2) is 30.4 Å². The van der Waals surface area contributed by atoms with E-state index in [9.17, 15) is 13.2 Å². The quantitative estimate of drug-likeness (QED) is 0.852. The fourth-order valence-corrected chi connectivity index (χ4v) is 3.15. The van der Waals surface area contributed by atoms with E-state index in [4.69, 9.17) is 26.3 Å². The van der Waals surface area contributed by atoms with Crippen molar-refractivity contribution >= 4 is 11.6 Å². The Balaban J connectivity index is 1.88. The summed E-state index contributed by atoms with van der Waals surface area (Å²) in [7, 11) is 0. The van der Waals surface area contributed by atoms with Crippen molar-refractivity contribution < 1.29 is 22.6 Å². The molecule has 1 aliphatic rings. The molecule has 1 aliphatic heterocycles. The molecule has 27 heavy (non-hydrogen) atoms. The van der Waals surface area contributed by atoms with Gasteiger partial charge >= 0.3 is 6.18 Å². The highest BCUT2D eigenvalue weighted by molar-refractivity contribution is 6.32. The standard InChI is InChI=1S/C18H15ClF3N3O2/c1-11-15(3-2-12(8-23)16(11)19)17(18(20,21)22)25-9-14(27-17)10-26-13-4-6-24-7-5-13/h2-7,14,25H,9-10H2,1H3. The molecule has 1 fully saturated rings. The maximum absolute atomic E-state index is 14.0. The first-order valence-electron chi connectivity index (χ1n) is 8.00. The van der Waals surface area contributed by atoms with Crippen LogP contribution in [0, 0.1) is 18.3 Å². The smallest absolute Gasteiger partial charge is 0.435 e. The van der Waals surface area contributed by atoms with E-state index in [0.717, 1.165) is 0 Å². The van der Waals surface area contributed by atoms with Crippen molar-refractivity contribution in [3.05, 3.63) is 58.4 Å². The highest BCUT2D eigenvalue weighted by Crippen LogP contribution is 2.46. The first kappa shape index (κ1) is 19.4. The third-order valence-electron chi connectivity index (χ3n) is 4.29. The summed E-state index contributed by atoms with van der Waals surface area (Å²) in [4.78, 5) is 3.84. The second-order valence-electron chi connectivity index (χ2n) is 6.01. The molecule has 0 bridgehead atoms. The molecule has 142 valence electrons. The summed E-state index contributed by atoms with van der Waals surface area (Å²) in [5.74, 6) is 0.482. The molecule has 5 nitrogen and oxygen atoms in total. The lowest BCUT2D eigenvalue weighted by Gasteiger charge is -2.33. The molecule has 2 atom stereocenters. The van der Waals surface area contributed by atoms with Gasteiger partial charge in [0, 0.05) is 24.5 Å². The summed E-state index contributed by atoms with van der Waals surface area (Å²) >= 11 is 6.06. The Kier molecular flexibility index (Phi) is 5.29. The van der Waals surface area contributed by atoms with Crippen LogP contribution in [0.15, 0.2) is 36.7 Å². The van der Waals surface area contributed by atoms with E-state index in [1.807, 2.05) is 6.07 Å². The van der Waals surface area contributed by atoms with E-state index in [1.54, 1.807) is 12.1 Å². The fraction of sp³-hybridized carbons (Fsp3) is 0.333. The minimum absolute atomic E-state index is 0.0273. The van der Waals surface area contributed by atoms with E-state index >= 15 is 0 Å². The number of nitrogens with zero attached hydrogens (tertiary/aromatic N) is 2. The highest BCUT2D eigenvalue weighted by atomic mass is 35.5. The van der Waals surface area contributed by atoms with Crippen LogP contribution in [0.3, 0.4) is 0 Å². The average molecular weight is 398 g/mol. The molecule has 0 radical (unpaired) electrons. The van der Waals surface area contributed by atoms with Gasteiger partial charge < -0.3 is 9.47 Å².